The number of phenols is 1. The third-order valence-electron chi connectivity index (χ3n) is 2.03. The van der Waals surface area contributed by atoms with Crippen LogP contribution >= 0.6 is 0 Å². The van der Waals surface area contributed by atoms with E-state index in [-0.39, 0.29) is 0 Å². The van der Waals surface area contributed by atoms with E-state index >= 15 is 0 Å². The standard InChI is InChI=1S/C10H10N2O/c1-8-9(4-2-5-10(8)13)12-7-3-6-11-12/h2-7,13H,1H3. The summed E-state index contributed by atoms with van der Waals surface area (Å²) in [6, 6.07) is 7.24. The van der Waals surface area contributed by atoms with Gasteiger partial charge in [0.1, 0.15) is 5.75 Å². The van der Waals surface area contributed by atoms with Crippen molar-refractivity contribution in [3.8, 4) is 11.4 Å². The molecule has 0 atom stereocenters. The molecule has 0 saturated carbocycles. The summed E-state index contributed by atoms with van der Waals surface area (Å²) in [4.78, 5) is 0. The Balaban J connectivity index is 2.59. The Morgan fingerprint density at radius 3 is 2.85 bits per heavy atom. The first kappa shape index (κ1) is 7.86. The summed E-state index contributed by atoms with van der Waals surface area (Å²) in [6.45, 7) is 1.87. The molecule has 2 aromatic rings. The van der Waals surface area contributed by atoms with Crippen molar-refractivity contribution in [3.63, 3.8) is 0 Å². The fourth-order valence-corrected chi connectivity index (χ4v) is 1.27. The van der Waals surface area contributed by atoms with E-state index in [4.69, 9.17) is 0 Å². The van der Waals surface area contributed by atoms with E-state index in [0.29, 0.717) is 5.75 Å². The number of aromatic hydroxyl groups is 1. The number of hydrogen-bond acceptors (Lipinski definition) is 2. The van der Waals surface area contributed by atoms with Gasteiger partial charge in [-0.05, 0) is 25.1 Å². The van der Waals surface area contributed by atoms with Crippen LogP contribution in [0.25, 0.3) is 5.69 Å². The molecular formula is C10H10N2O. The summed E-state index contributed by atoms with van der Waals surface area (Å²) >= 11 is 0. The predicted molar refractivity (Wildman–Crippen MR) is 50.0 cm³/mol. The van der Waals surface area contributed by atoms with Crippen molar-refractivity contribution in [2.75, 3.05) is 0 Å². The molecular weight excluding hydrogens is 164 g/mol. The van der Waals surface area contributed by atoms with Gasteiger partial charge in [0.25, 0.3) is 0 Å². The van der Waals surface area contributed by atoms with Crippen molar-refractivity contribution < 1.29 is 5.11 Å². The highest BCUT2D eigenvalue weighted by molar-refractivity contribution is 5.47. The number of rotatable bonds is 1. The minimum Gasteiger partial charge on any atom is -0.508 e. The Kier molecular flexibility index (Phi) is 1.77. The second-order valence-electron chi connectivity index (χ2n) is 2.87. The molecule has 1 N–H and O–H groups in total. The molecule has 0 aliphatic rings. The smallest absolute Gasteiger partial charge is 0.120 e. The number of phenolic OH excluding ortho intramolecular Hbond substituents is 1. The minimum absolute atomic E-state index is 0.299. The van der Waals surface area contributed by atoms with E-state index in [1.807, 2.05) is 25.3 Å². The maximum absolute atomic E-state index is 9.46. The first-order valence-electron chi connectivity index (χ1n) is 4.07. The predicted octanol–water partition coefficient (Wildman–Crippen LogP) is 1.89. The van der Waals surface area contributed by atoms with Crippen LogP contribution in [0, 0.1) is 6.92 Å². The van der Waals surface area contributed by atoms with Gasteiger partial charge in [-0.15, -0.1) is 0 Å². The average molecular weight is 174 g/mol. The summed E-state index contributed by atoms with van der Waals surface area (Å²) < 4.78 is 1.73. The zero-order valence-electron chi connectivity index (χ0n) is 7.31. The summed E-state index contributed by atoms with van der Waals surface area (Å²) in [5.41, 5.74) is 1.75. The molecule has 3 heteroatoms. The Morgan fingerprint density at radius 1 is 1.31 bits per heavy atom. The van der Waals surface area contributed by atoms with Crippen molar-refractivity contribution >= 4 is 0 Å². The zero-order chi connectivity index (χ0) is 9.26. The third kappa shape index (κ3) is 1.28. The van der Waals surface area contributed by atoms with E-state index < -0.39 is 0 Å². The van der Waals surface area contributed by atoms with E-state index in [2.05, 4.69) is 5.10 Å². The van der Waals surface area contributed by atoms with Gasteiger partial charge in [-0.25, -0.2) is 4.68 Å². The van der Waals surface area contributed by atoms with E-state index in [9.17, 15) is 5.11 Å². The lowest BCUT2D eigenvalue weighted by Gasteiger charge is -2.06. The third-order valence-corrected chi connectivity index (χ3v) is 2.03. The maximum atomic E-state index is 9.46. The molecule has 0 bridgehead atoms. The minimum atomic E-state index is 0.299. The molecule has 0 amide bonds. The van der Waals surface area contributed by atoms with Gasteiger partial charge >= 0.3 is 0 Å². The van der Waals surface area contributed by atoms with Crippen LogP contribution in [0.15, 0.2) is 36.7 Å². The highest BCUT2D eigenvalue weighted by Crippen LogP contribution is 2.21. The number of hydrogen-bond donors (Lipinski definition) is 1. The second-order valence-corrected chi connectivity index (χ2v) is 2.87. The highest BCUT2D eigenvalue weighted by atomic mass is 16.3. The van der Waals surface area contributed by atoms with Crippen LogP contribution in [-0.4, -0.2) is 14.9 Å². The molecule has 0 fully saturated rings. The largest absolute Gasteiger partial charge is 0.508 e. The summed E-state index contributed by atoms with van der Waals surface area (Å²) in [5, 5.41) is 13.6. The van der Waals surface area contributed by atoms with Crippen LogP contribution in [0.2, 0.25) is 0 Å². The van der Waals surface area contributed by atoms with Gasteiger partial charge in [0.15, 0.2) is 0 Å². The van der Waals surface area contributed by atoms with Gasteiger partial charge in [0, 0.05) is 18.0 Å². The number of nitrogens with zero attached hydrogens (tertiary/aromatic N) is 2. The van der Waals surface area contributed by atoms with Crippen molar-refractivity contribution in [1.29, 1.82) is 0 Å². The normalized spacial score (nSPS) is 10.2. The van der Waals surface area contributed by atoms with E-state index in [1.165, 1.54) is 0 Å². The lowest BCUT2D eigenvalue weighted by molar-refractivity contribution is 0.470. The monoisotopic (exact) mass is 174 g/mol. The molecule has 0 unspecified atom stereocenters. The van der Waals surface area contributed by atoms with Crippen LogP contribution in [-0.2, 0) is 0 Å². The molecule has 0 aliphatic heterocycles. The van der Waals surface area contributed by atoms with E-state index in [1.54, 1.807) is 23.0 Å². The Labute approximate surface area is 76.3 Å². The highest BCUT2D eigenvalue weighted by Gasteiger charge is 2.03. The van der Waals surface area contributed by atoms with Crippen LogP contribution in [0.1, 0.15) is 5.56 Å². The van der Waals surface area contributed by atoms with Crippen LogP contribution in [0.3, 0.4) is 0 Å². The van der Waals surface area contributed by atoms with Crippen molar-refractivity contribution in [2.24, 2.45) is 0 Å². The Hall–Kier alpha value is -1.77. The topological polar surface area (TPSA) is 38.0 Å². The number of benzene rings is 1. The quantitative estimate of drug-likeness (QED) is 0.716. The first-order chi connectivity index (χ1) is 6.29. The van der Waals surface area contributed by atoms with Crippen LogP contribution < -0.4 is 0 Å². The summed E-state index contributed by atoms with van der Waals surface area (Å²) in [5.74, 6) is 0.299. The summed E-state index contributed by atoms with van der Waals surface area (Å²) in [7, 11) is 0. The van der Waals surface area contributed by atoms with Gasteiger partial charge in [0.05, 0.1) is 5.69 Å². The van der Waals surface area contributed by atoms with Gasteiger partial charge in [-0.3, -0.25) is 0 Å². The number of aromatic nitrogens is 2. The molecule has 1 heterocycles. The zero-order valence-corrected chi connectivity index (χ0v) is 7.31. The fourth-order valence-electron chi connectivity index (χ4n) is 1.27. The average Bonchev–Trinajstić information content (AvgIpc) is 2.62. The lowest BCUT2D eigenvalue weighted by Crippen LogP contribution is -1.96. The molecule has 3 nitrogen and oxygen atoms in total. The molecule has 2 rings (SSSR count). The van der Waals surface area contributed by atoms with Crippen LogP contribution in [0.5, 0.6) is 5.75 Å². The molecule has 1 aromatic heterocycles. The van der Waals surface area contributed by atoms with Crippen molar-refractivity contribution in [1.82, 2.24) is 9.78 Å². The maximum Gasteiger partial charge on any atom is 0.120 e. The molecule has 66 valence electrons. The van der Waals surface area contributed by atoms with Crippen LogP contribution in [0.4, 0.5) is 0 Å². The Morgan fingerprint density at radius 2 is 2.15 bits per heavy atom. The lowest BCUT2D eigenvalue weighted by atomic mass is 10.2. The van der Waals surface area contributed by atoms with Gasteiger partial charge in [0.2, 0.25) is 0 Å². The molecule has 0 radical (unpaired) electrons. The van der Waals surface area contributed by atoms with Gasteiger partial charge in [-0.1, -0.05) is 6.07 Å². The van der Waals surface area contributed by atoms with Crippen molar-refractivity contribution in [2.45, 2.75) is 6.92 Å². The SMILES string of the molecule is Cc1c(O)cccc1-n1cccn1. The fraction of sp³-hybridized carbons (Fsp3) is 0.100. The van der Waals surface area contributed by atoms with Crippen molar-refractivity contribution in [3.05, 3.63) is 42.2 Å². The van der Waals surface area contributed by atoms with Gasteiger partial charge in [-0.2, -0.15) is 5.10 Å². The molecule has 0 spiro atoms. The van der Waals surface area contributed by atoms with E-state index in [0.717, 1.165) is 11.3 Å². The molecule has 0 saturated heterocycles. The molecule has 1 aromatic carbocycles. The Bertz CT molecular complexity index is 407. The first-order valence-corrected chi connectivity index (χ1v) is 4.07. The van der Waals surface area contributed by atoms with Gasteiger partial charge < -0.3 is 5.11 Å². The molecule has 13 heavy (non-hydrogen) atoms. The summed E-state index contributed by atoms with van der Waals surface area (Å²) in [6.07, 6.45) is 3.56. The second kappa shape index (κ2) is 2.94. The molecule has 0 aliphatic carbocycles.